The lowest BCUT2D eigenvalue weighted by Crippen LogP contribution is -2.11. The van der Waals surface area contributed by atoms with Crippen molar-refractivity contribution in [2.45, 2.75) is 13.0 Å². The number of carbonyl (C=O) groups excluding carboxylic acids is 1. The molecule has 0 unspecified atom stereocenters. The summed E-state index contributed by atoms with van der Waals surface area (Å²) < 4.78 is 15.3. The van der Waals surface area contributed by atoms with Crippen LogP contribution in [0.4, 0.5) is 9.52 Å². The molecule has 0 aliphatic carbocycles. The zero-order valence-corrected chi connectivity index (χ0v) is 14.7. The first-order chi connectivity index (χ1) is 12.1. The number of rotatable bonds is 6. The van der Waals surface area contributed by atoms with Crippen LogP contribution in [0.25, 0.3) is 0 Å². The molecule has 0 bridgehead atoms. The zero-order valence-electron chi connectivity index (χ0n) is 13.0. The Morgan fingerprint density at radius 2 is 2.20 bits per heavy atom. The number of anilines is 1. The van der Waals surface area contributed by atoms with E-state index in [1.807, 2.05) is 9.95 Å². The van der Waals surface area contributed by atoms with Crippen molar-refractivity contribution in [3.8, 4) is 0 Å². The monoisotopic (exact) mass is 375 g/mol. The van der Waals surface area contributed by atoms with Crippen molar-refractivity contribution < 1.29 is 9.18 Å². The Balaban J connectivity index is 1.70. The second-order valence-corrected chi connectivity index (χ2v) is 6.37. The Bertz CT molecular complexity index is 958. The molecule has 6 nitrogen and oxygen atoms in total. The number of thiazole rings is 1. The van der Waals surface area contributed by atoms with Gasteiger partial charge in [0.25, 0.3) is 5.91 Å². The van der Waals surface area contributed by atoms with E-state index in [4.69, 9.17) is 12.2 Å². The summed E-state index contributed by atoms with van der Waals surface area (Å²) >= 11 is 6.49. The molecule has 25 heavy (non-hydrogen) atoms. The molecule has 2 N–H and O–H groups in total. The van der Waals surface area contributed by atoms with Gasteiger partial charge in [-0.15, -0.1) is 17.9 Å². The van der Waals surface area contributed by atoms with Crippen LogP contribution in [0, 0.1) is 10.6 Å². The van der Waals surface area contributed by atoms with Crippen molar-refractivity contribution >= 4 is 34.6 Å². The molecule has 0 spiro atoms. The van der Waals surface area contributed by atoms with E-state index in [0.29, 0.717) is 28.4 Å². The minimum Gasteiger partial charge on any atom is -0.300 e. The van der Waals surface area contributed by atoms with Crippen LogP contribution >= 0.6 is 23.6 Å². The van der Waals surface area contributed by atoms with Crippen molar-refractivity contribution in [3.63, 3.8) is 0 Å². The van der Waals surface area contributed by atoms with Crippen LogP contribution in [-0.2, 0) is 13.0 Å². The molecular formula is C16H14FN5OS2. The first kappa shape index (κ1) is 17.2. The van der Waals surface area contributed by atoms with Gasteiger partial charge in [0.05, 0.1) is 12.1 Å². The minimum absolute atomic E-state index is 0.338. The Kier molecular flexibility index (Phi) is 5.15. The Labute approximate surface area is 152 Å². The van der Waals surface area contributed by atoms with Crippen LogP contribution in [0.3, 0.4) is 0 Å². The van der Waals surface area contributed by atoms with Gasteiger partial charge < -0.3 is 0 Å². The summed E-state index contributed by atoms with van der Waals surface area (Å²) in [6, 6.07) is 5.33. The molecular weight excluding hydrogens is 361 g/mol. The predicted molar refractivity (Wildman–Crippen MR) is 96.9 cm³/mol. The van der Waals surface area contributed by atoms with E-state index in [9.17, 15) is 9.18 Å². The van der Waals surface area contributed by atoms with E-state index in [0.717, 1.165) is 11.5 Å². The summed E-state index contributed by atoms with van der Waals surface area (Å²) in [5.74, 6) is 0.0165. The van der Waals surface area contributed by atoms with E-state index in [-0.39, 0.29) is 11.7 Å². The normalized spacial score (nSPS) is 10.6. The van der Waals surface area contributed by atoms with Gasteiger partial charge in [-0.3, -0.25) is 19.8 Å². The fourth-order valence-electron chi connectivity index (χ4n) is 2.18. The van der Waals surface area contributed by atoms with Crippen LogP contribution in [0.2, 0.25) is 0 Å². The lowest BCUT2D eigenvalue weighted by molar-refractivity contribution is 0.102. The molecule has 0 saturated carbocycles. The SMILES string of the molecule is C=CCn1c(Cc2csc(NC(=O)c3ccc(F)cc3)n2)n[nH]c1=S. The number of aromatic amines is 1. The zero-order chi connectivity index (χ0) is 17.8. The Morgan fingerprint density at radius 3 is 2.92 bits per heavy atom. The highest BCUT2D eigenvalue weighted by atomic mass is 32.1. The van der Waals surface area contributed by atoms with Gasteiger partial charge in [-0.2, -0.15) is 5.10 Å². The Morgan fingerprint density at radius 1 is 1.44 bits per heavy atom. The van der Waals surface area contributed by atoms with Gasteiger partial charge >= 0.3 is 0 Å². The quantitative estimate of drug-likeness (QED) is 0.510. The van der Waals surface area contributed by atoms with Gasteiger partial charge in [0, 0.05) is 17.5 Å². The third kappa shape index (κ3) is 4.06. The summed E-state index contributed by atoms with van der Waals surface area (Å²) in [5.41, 5.74) is 1.13. The topological polar surface area (TPSA) is 75.6 Å². The molecule has 9 heteroatoms. The third-order valence-corrected chi connectivity index (χ3v) is 4.49. The average Bonchev–Trinajstić information content (AvgIpc) is 3.17. The molecule has 0 fully saturated rings. The number of hydrogen-bond donors (Lipinski definition) is 2. The van der Waals surface area contributed by atoms with Crippen LogP contribution in [0.5, 0.6) is 0 Å². The largest absolute Gasteiger partial charge is 0.300 e. The number of H-pyrrole nitrogens is 1. The molecule has 0 aliphatic heterocycles. The number of benzene rings is 1. The first-order valence-corrected chi connectivity index (χ1v) is 8.62. The maximum absolute atomic E-state index is 12.9. The smallest absolute Gasteiger partial charge is 0.257 e. The number of amides is 1. The molecule has 1 amide bonds. The van der Waals surface area contributed by atoms with Gasteiger partial charge in [-0.25, -0.2) is 9.37 Å². The summed E-state index contributed by atoms with van der Waals surface area (Å²) in [5, 5.41) is 12.0. The molecule has 2 heterocycles. The maximum Gasteiger partial charge on any atom is 0.257 e. The van der Waals surface area contributed by atoms with Crippen molar-refractivity contribution in [2.24, 2.45) is 0 Å². The van der Waals surface area contributed by atoms with E-state index in [1.54, 1.807) is 6.08 Å². The van der Waals surface area contributed by atoms with Crippen molar-refractivity contribution in [1.29, 1.82) is 0 Å². The molecule has 1 aromatic carbocycles. The van der Waals surface area contributed by atoms with E-state index in [1.165, 1.54) is 35.6 Å². The fourth-order valence-corrected chi connectivity index (χ4v) is 3.11. The van der Waals surface area contributed by atoms with E-state index in [2.05, 4.69) is 27.1 Å². The second-order valence-electron chi connectivity index (χ2n) is 5.13. The van der Waals surface area contributed by atoms with Crippen LogP contribution in [-0.4, -0.2) is 25.7 Å². The third-order valence-electron chi connectivity index (χ3n) is 3.37. The Hall–Kier alpha value is -2.65. The number of nitrogens with one attached hydrogen (secondary N) is 2. The first-order valence-electron chi connectivity index (χ1n) is 7.33. The van der Waals surface area contributed by atoms with Gasteiger partial charge in [-0.1, -0.05) is 6.08 Å². The molecule has 0 saturated heterocycles. The standard InChI is InChI=1S/C16H14FN5OS2/c1-2-7-22-13(20-21-16(22)24)8-12-9-25-15(18-12)19-14(23)10-3-5-11(17)6-4-10/h2-6,9H,1,7-8H2,(H,21,24)(H,18,19,23). The molecule has 0 radical (unpaired) electrons. The number of nitrogens with zero attached hydrogens (tertiary/aromatic N) is 3. The molecule has 0 atom stereocenters. The number of carbonyl (C=O) groups is 1. The van der Waals surface area contributed by atoms with Gasteiger partial charge in [0.2, 0.25) is 0 Å². The van der Waals surface area contributed by atoms with E-state index < -0.39 is 0 Å². The van der Waals surface area contributed by atoms with Crippen molar-refractivity contribution in [3.05, 3.63) is 70.0 Å². The summed E-state index contributed by atoms with van der Waals surface area (Å²) in [6.07, 6.45) is 2.22. The van der Waals surface area contributed by atoms with Crippen LogP contribution in [0.15, 0.2) is 42.3 Å². The maximum atomic E-state index is 12.9. The molecule has 2 aromatic heterocycles. The van der Waals surface area contributed by atoms with Crippen LogP contribution in [0.1, 0.15) is 21.9 Å². The predicted octanol–water partition coefficient (Wildman–Crippen LogP) is 3.57. The fraction of sp³-hybridized carbons (Fsp3) is 0.125. The molecule has 3 aromatic rings. The highest BCUT2D eigenvalue weighted by Crippen LogP contribution is 2.19. The average molecular weight is 375 g/mol. The minimum atomic E-state index is -0.388. The lowest BCUT2D eigenvalue weighted by Gasteiger charge is -2.02. The number of halogens is 1. The second kappa shape index (κ2) is 7.49. The van der Waals surface area contributed by atoms with Crippen molar-refractivity contribution in [1.82, 2.24) is 19.7 Å². The summed E-state index contributed by atoms with van der Waals surface area (Å²) in [4.78, 5) is 16.5. The van der Waals surface area contributed by atoms with Gasteiger partial charge in [0.1, 0.15) is 11.6 Å². The van der Waals surface area contributed by atoms with Crippen molar-refractivity contribution in [2.75, 3.05) is 5.32 Å². The number of allylic oxidation sites excluding steroid dienone is 1. The molecule has 3 rings (SSSR count). The van der Waals surface area contributed by atoms with Crippen LogP contribution < -0.4 is 5.32 Å². The number of hydrogen-bond acceptors (Lipinski definition) is 5. The van der Waals surface area contributed by atoms with Gasteiger partial charge in [-0.05, 0) is 36.5 Å². The molecule has 0 aliphatic rings. The highest BCUT2D eigenvalue weighted by Gasteiger charge is 2.12. The highest BCUT2D eigenvalue weighted by molar-refractivity contribution is 7.71. The summed E-state index contributed by atoms with van der Waals surface area (Å²) in [6.45, 7) is 4.26. The number of aromatic nitrogens is 4. The summed E-state index contributed by atoms with van der Waals surface area (Å²) in [7, 11) is 0. The lowest BCUT2D eigenvalue weighted by atomic mass is 10.2. The molecule has 128 valence electrons. The van der Waals surface area contributed by atoms with Gasteiger partial charge in [0.15, 0.2) is 9.90 Å². The van der Waals surface area contributed by atoms with E-state index >= 15 is 0 Å².